The molecule has 0 radical (unpaired) electrons. The predicted molar refractivity (Wildman–Crippen MR) is 144 cm³/mol. The van der Waals surface area contributed by atoms with Crippen LogP contribution >= 0.6 is 15.9 Å². The summed E-state index contributed by atoms with van der Waals surface area (Å²) >= 11 is 3.33. The summed E-state index contributed by atoms with van der Waals surface area (Å²) in [5.74, 6) is 0.791. The second-order valence-corrected chi connectivity index (χ2v) is 8.71. The lowest BCUT2D eigenvalue weighted by molar-refractivity contribution is -0.123. The average molecular weight is 559 g/mol. The Morgan fingerprint density at radius 1 is 0.784 bits per heavy atom. The van der Waals surface area contributed by atoms with Gasteiger partial charge >= 0.3 is 5.97 Å². The standard InChI is InChI=1S/C29H23BrN2O5/c30-24-8-4-7-23(17-24)29(34)37-27-11-9-21(10-12-27)18-31-32-28(33)20-36-26-15-13-25(14-16-26)35-19-22-5-2-1-3-6-22/h1-18H,19-20H2,(H,32,33)/b31-18+. The molecule has 0 aliphatic rings. The van der Waals surface area contributed by atoms with E-state index >= 15 is 0 Å². The summed E-state index contributed by atoms with van der Waals surface area (Å²) in [6.07, 6.45) is 1.48. The first-order chi connectivity index (χ1) is 18.0. The molecule has 37 heavy (non-hydrogen) atoms. The Bertz CT molecular complexity index is 1360. The van der Waals surface area contributed by atoms with Crippen LogP contribution in [0.25, 0.3) is 0 Å². The molecule has 0 spiro atoms. The van der Waals surface area contributed by atoms with Crippen molar-refractivity contribution < 1.29 is 23.8 Å². The molecule has 4 aromatic carbocycles. The first-order valence-electron chi connectivity index (χ1n) is 11.3. The van der Waals surface area contributed by atoms with Gasteiger partial charge in [-0.25, -0.2) is 10.2 Å². The van der Waals surface area contributed by atoms with E-state index in [-0.39, 0.29) is 6.61 Å². The number of hydrogen-bond acceptors (Lipinski definition) is 6. The van der Waals surface area contributed by atoms with Crippen LogP contribution in [0.2, 0.25) is 0 Å². The molecule has 0 atom stereocenters. The number of hydrogen-bond donors (Lipinski definition) is 1. The molecule has 1 N–H and O–H groups in total. The van der Waals surface area contributed by atoms with Crippen molar-refractivity contribution in [2.24, 2.45) is 5.10 Å². The Morgan fingerprint density at radius 3 is 2.16 bits per heavy atom. The van der Waals surface area contributed by atoms with E-state index in [4.69, 9.17) is 14.2 Å². The molecule has 7 nitrogen and oxygen atoms in total. The molecule has 4 rings (SSSR count). The number of halogens is 1. The van der Waals surface area contributed by atoms with Crippen molar-refractivity contribution in [1.82, 2.24) is 5.43 Å². The molecular weight excluding hydrogens is 536 g/mol. The number of ether oxygens (including phenoxy) is 3. The number of carbonyl (C=O) groups is 2. The van der Waals surface area contributed by atoms with Gasteiger partial charge in [0.25, 0.3) is 5.91 Å². The van der Waals surface area contributed by atoms with Crippen LogP contribution in [-0.4, -0.2) is 24.7 Å². The van der Waals surface area contributed by atoms with Crippen LogP contribution in [0.3, 0.4) is 0 Å². The van der Waals surface area contributed by atoms with Gasteiger partial charge in [0.2, 0.25) is 0 Å². The Balaban J connectivity index is 1.18. The topological polar surface area (TPSA) is 86.2 Å². The minimum atomic E-state index is -0.454. The van der Waals surface area contributed by atoms with Gasteiger partial charge in [-0.3, -0.25) is 4.79 Å². The number of amides is 1. The highest BCUT2D eigenvalue weighted by Crippen LogP contribution is 2.19. The van der Waals surface area contributed by atoms with Gasteiger partial charge in [0.15, 0.2) is 6.61 Å². The summed E-state index contributed by atoms with van der Waals surface area (Å²) < 4.78 is 17.4. The molecule has 186 valence electrons. The maximum absolute atomic E-state index is 12.2. The average Bonchev–Trinajstić information content (AvgIpc) is 2.93. The first kappa shape index (κ1) is 25.7. The van der Waals surface area contributed by atoms with Crippen molar-refractivity contribution in [2.75, 3.05) is 6.61 Å². The second kappa shape index (κ2) is 13.0. The minimum Gasteiger partial charge on any atom is -0.489 e. The number of nitrogens with one attached hydrogen (secondary N) is 1. The van der Waals surface area contributed by atoms with Crippen LogP contribution in [0, 0.1) is 0 Å². The van der Waals surface area contributed by atoms with E-state index in [9.17, 15) is 9.59 Å². The summed E-state index contributed by atoms with van der Waals surface area (Å²) in [5, 5.41) is 3.93. The lowest BCUT2D eigenvalue weighted by Crippen LogP contribution is -2.24. The van der Waals surface area contributed by atoms with Crippen LogP contribution in [0.15, 0.2) is 113 Å². The highest BCUT2D eigenvalue weighted by Gasteiger charge is 2.09. The van der Waals surface area contributed by atoms with Crippen molar-refractivity contribution >= 4 is 34.0 Å². The van der Waals surface area contributed by atoms with E-state index < -0.39 is 11.9 Å². The van der Waals surface area contributed by atoms with Crippen molar-refractivity contribution in [3.05, 3.63) is 124 Å². The van der Waals surface area contributed by atoms with Gasteiger partial charge in [-0.05, 0) is 77.9 Å². The Kier molecular flexibility index (Phi) is 9.04. The molecule has 1 amide bonds. The monoisotopic (exact) mass is 558 g/mol. The molecule has 0 bridgehead atoms. The maximum atomic E-state index is 12.2. The molecule has 8 heteroatoms. The lowest BCUT2D eigenvalue weighted by atomic mass is 10.2. The molecule has 4 aromatic rings. The van der Waals surface area contributed by atoms with Crippen LogP contribution in [0.5, 0.6) is 17.2 Å². The quantitative estimate of drug-likeness (QED) is 0.115. The number of rotatable bonds is 10. The van der Waals surface area contributed by atoms with Gasteiger partial charge in [-0.2, -0.15) is 5.10 Å². The first-order valence-corrected chi connectivity index (χ1v) is 12.1. The Morgan fingerprint density at radius 2 is 1.46 bits per heavy atom. The molecule has 0 fully saturated rings. The van der Waals surface area contributed by atoms with Gasteiger partial charge in [0.05, 0.1) is 11.8 Å². The third kappa shape index (κ3) is 8.33. The third-order valence-corrected chi connectivity index (χ3v) is 5.49. The van der Waals surface area contributed by atoms with Crippen molar-refractivity contribution in [3.8, 4) is 17.2 Å². The summed E-state index contributed by atoms with van der Waals surface area (Å²) in [4.78, 5) is 24.3. The van der Waals surface area contributed by atoms with Gasteiger partial charge in [-0.1, -0.05) is 52.3 Å². The van der Waals surface area contributed by atoms with Gasteiger partial charge in [-0.15, -0.1) is 0 Å². The van der Waals surface area contributed by atoms with Crippen LogP contribution in [0.4, 0.5) is 0 Å². The van der Waals surface area contributed by atoms with Gasteiger partial charge in [0, 0.05) is 4.47 Å². The fraction of sp³-hybridized carbons (Fsp3) is 0.0690. The Labute approximate surface area is 222 Å². The fourth-order valence-corrected chi connectivity index (χ4v) is 3.54. The third-order valence-electron chi connectivity index (χ3n) is 5.00. The molecule has 0 saturated heterocycles. The fourth-order valence-electron chi connectivity index (χ4n) is 3.14. The smallest absolute Gasteiger partial charge is 0.343 e. The van der Waals surface area contributed by atoms with E-state index in [0.29, 0.717) is 29.4 Å². The zero-order valence-electron chi connectivity index (χ0n) is 19.7. The summed E-state index contributed by atoms with van der Waals surface area (Å²) in [6.45, 7) is 0.285. The van der Waals surface area contributed by atoms with E-state index in [1.165, 1.54) is 6.21 Å². The van der Waals surface area contributed by atoms with E-state index in [2.05, 4.69) is 26.5 Å². The number of esters is 1. The van der Waals surface area contributed by atoms with Gasteiger partial charge in [0.1, 0.15) is 23.9 Å². The predicted octanol–water partition coefficient (Wildman–Crippen LogP) is 5.78. The normalized spacial score (nSPS) is 10.6. The molecule has 0 saturated carbocycles. The van der Waals surface area contributed by atoms with E-state index in [1.54, 1.807) is 66.7 Å². The largest absolute Gasteiger partial charge is 0.489 e. The van der Waals surface area contributed by atoms with Crippen molar-refractivity contribution in [3.63, 3.8) is 0 Å². The lowest BCUT2D eigenvalue weighted by Gasteiger charge is -2.08. The molecule has 0 aliphatic carbocycles. The molecule has 0 unspecified atom stereocenters. The maximum Gasteiger partial charge on any atom is 0.343 e. The van der Waals surface area contributed by atoms with Gasteiger partial charge < -0.3 is 14.2 Å². The van der Waals surface area contributed by atoms with Crippen molar-refractivity contribution in [1.29, 1.82) is 0 Å². The number of hydrazone groups is 1. The summed E-state index contributed by atoms with van der Waals surface area (Å²) in [6, 6.07) is 30.6. The van der Waals surface area contributed by atoms with Crippen LogP contribution in [-0.2, 0) is 11.4 Å². The molecule has 0 aromatic heterocycles. The second-order valence-electron chi connectivity index (χ2n) is 7.80. The number of carbonyl (C=O) groups excluding carboxylic acids is 2. The molecular formula is C29H23BrN2O5. The minimum absolute atomic E-state index is 0.188. The highest BCUT2D eigenvalue weighted by molar-refractivity contribution is 9.10. The van der Waals surface area contributed by atoms with Crippen LogP contribution in [0.1, 0.15) is 21.5 Å². The number of nitrogens with zero attached hydrogens (tertiary/aromatic N) is 1. The Hall–Kier alpha value is -4.43. The molecule has 0 aliphatic heterocycles. The van der Waals surface area contributed by atoms with E-state index in [0.717, 1.165) is 15.6 Å². The number of benzene rings is 4. The van der Waals surface area contributed by atoms with E-state index in [1.807, 2.05) is 36.4 Å². The zero-order valence-corrected chi connectivity index (χ0v) is 21.3. The van der Waals surface area contributed by atoms with Crippen LogP contribution < -0.4 is 19.6 Å². The highest BCUT2D eigenvalue weighted by atomic mass is 79.9. The zero-order chi connectivity index (χ0) is 25.9. The summed E-state index contributed by atoms with van der Waals surface area (Å²) in [7, 11) is 0. The molecule has 0 heterocycles. The summed E-state index contributed by atoms with van der Waals surface area (Å²) in [5.41, 5.74) is 4.65. The SMILES string of the molecule is O=C(COc1ccc(OCc2ccccc2)cc1)N/N=C/c1ccc(OC(=O)c2cccc(Br)c2)cc1. The van der Waals surface area contributed by atoms with Crippen molar-refractivity contribution in [2.45, 2.75) is 6.61 Å².